The minimum Gasteiger partial charge on any atom is -0.467 e. The monoisotopic (exact) mass is 466 g/mol. The Balaban J connectivity index is 1.52. The van der Waals surface area contributed by atoms with Gasteiger partial charge in [-0.05, 0) is 42.5 Å². The number of hydrogen-bond acceptors (Lipinski definition) is 6. The van der Waals surface area contributed by atoms with E-state index in [0.29, 0.717) is 22.5 Å². The van der Waals surface area contributed by atoms with Crippen molar-refractivity contribution in [2.75, 3.05) is 4.90 Å². The van der Waals surface area contributed by atoms with Gasteiger partial charge in [0.1, 0.15) is 23.9 Å². The number of carbonyl (C=O) groups is 2. The topological polar surface area (TPSA) is 106 Å². The highest BCUT2D eigenvalue weighted by molar-refractivity contribution is 6.01. The van der Waals surface area contributed by atoms with E-state index in [1.807, 2.05) is 42.5 Å². The van der Waals surface area contributed by atoms with Gasteiger partial charge >= 0.3 is 0 Å². The van der Waals surface area contributed by atoms with Gasteiger partial charge in [0.15, 0.2) is 0 Å². The van der Waals surface area contributed by atoms with Crippen LogP contribution in [0, 0.1) is 0 Å². The molecule has 9 heteroatoms. The van der Waals surface area contributed by atoms with E-state index in [0.717, 1.165) is 5.52 Å². The van der Waals surface area contributed by atoms with E-state index in [9.17, 15) is 9.59 Å². The Hall–Kier alpha value is -4.79. The lowest BCUT2D eigenvalue weighted by atomic mass is 10.0. The first-order valence-corrected chi connectivity index (χ1v) is 11.1. The molecule has 5 rings (SSSR count). The van der Waals surface area contributed by atoms with Crippen LogP contribution in [-0.4, -0.2) is 31.8 Å². The summed E-state index contributed by atoms with van der Waals surface area (Å²) in [6.45, 7) is 0.0881. The molecule has 3 aromatic heterocycles. The van der Waals surface area contributed by atoms with Crippen molar-refractivity contribution < 1.29 is 14.0 Å². The molecule has 174 valence electrons. The number of para-hydroxylation sites is 2. The fourth-order valence-electron chi connectivity index (χ4n) is 3.90. The van der Waals surface area contributed by atoms with Crippen LogP contribution in [0.5, 0.6) is 0 Å². The first kappa shape index (κ1) is 22.0. The van der Waals surface area contributed by atoms with Gasteiger partial charge < -0.3 is 9.73 Å². The van der Waals surface area contributed by atoms with Gasteiger partial charge in [-0.2, -0.15) is 0 Å². The summed E-state index contributed by atoms with van der Waals surface area (Å²) in [4.78, 5) is 33.1. The standard InChI is InChI=1S/C26H22N6O3/c33-24(18-31-23-13-5-4-12-22(23)29-30-31)32(20-9-2-1-3-10-20)25(19-8-6-14-27-16-19)26(34)28-17-21-11-7-15-35-21/h1-16,25H,17-18H2,(H,28,34)/t25-/m0/s1. The second-order valence-electron chi connectivity index (χ2n) is 7.82. The third-order valence-electron chi connectivity index (χ3n) is 5.53. The zero-order valence-electron chi connectivity index (χ0n) is 18.7. The molecule has 0 radical (unpaired) electrons. The Morgan fingerprint density at radius 3 is 2.57 bits per heavy atom. The number of pyridine rings is 1. The number of rotatable bonds is 8. The van der Waals surface area contributed by atoms with Crippen molar-refractivity contribution in [2.45, 2.75) is 19.1 Å². The number of benzene rings is 2. The zero-order chi connectivity index (χ0) is 24.0. The predicted octanol–water partition coefficient (Wildman–Crippen LogP) is 3.51. The largest absolute Gasteiger partial charge is 0.467 e. The summed E-state index contributed by atoms with van der Waals surface area (Å²) >= 11 is 0. The molecule has 0 aliphatic rings. The molecule has 9 nitrogen and oxygen atoms in total. The lowest BCUT2D eigenvalue weighted by Crippen LogP contribution is -2.45. The van der Waals surface area contributed by atoms with Crippen molar-refractivity contribution in [3.8, 4) is 0 Å². The molecule has 2 aromatic carbocycles. The van der Waals surface area contributed by atoms with Gasteiger partial charge in [-0.25, -0.2) is 4.68 Å². The molecule has 35 heavy (non-hydrogen) atoms. The van der Waals surface area contributed by atoms with Crippen LogP contribution in [0.15, 0.2) is 102 Å². The van der Waals surface area contributed by atoms with Crippen molar-refractivity contribution in [3.05, 3.63) is 109 Å². The number of amides is 2. The summed E-state index contributed by atoms with van der Waals surface area (Å²) < 4.78 is 6.88. The number of aromatic nitrogens is 4. The maximum atomic E-state index is 13.8. The summed E-state index contributed by atoms with van der Waals surface area (Å²) in [6, 6.07) is 22.6. The summed E-state index contributed by atoms with van der Waals surface area (Å²) in [5.74, 6) is -0.0844. The molecule has 0 unspecified atom stereocenters. The third kappa shape index (κ3) is 4.79. The first-order valence-electron chi connectivity index (χ1n) is 11.1. The quantitative estimate of drug-likeness (QED) is 0.375. The van der Waals surface area contributed by atoms with Crippen molar-refractivity contribution in [1.29, 1.82) is 0 Å². The maximum absolute atomic E-state index is 13.8. The number of hydrogen-bond donors (Lipinski definition) is 1. The number of furan rings is 1. The van der Waals surface area contributed by atoms with Crippen LogP contribution < -0.4 is 10.2 Å². The second-order valence-corrected chi connectivity index (χ2v) is 7.82. The Bertz CT molecular complexity index is 1420. The highest BCUT2D eigenvalue weighted by Crippen LogP contribution is 2.28. The molecule has 0 fully saturated rings. The van der Waals surface area contributed by atoms with Gasteiger partial charge in [0.2, 0.25) is 11.8 Å². The first-order chi connectivity index (χ1) is 17.2. The number of nitrogens with one attached hydrogen (secondary N) is 1. The number of carbonyl (C=O) groups excluding carboxylic acids is 2. The molecular weight excluding hydrogens is 444 g/mol. The molecule has 5 aromatic rings. The van der Waals surface area contributed by atoms with E-state index >= 15 is 0 Å². The second kappa shape index (κ2) is 10.0. The number of fused-ring (bicyclic) bond motifs is 1. The summed E-state index contributed by atoms with van der Waals surface area (Å²) in [5, 5.41) is 11.2. The van der Waals surface area contributed by atoms with Gasteiger partial charge in [-0.1, -0.05) is 41.6 Å². The maximum Gasteiger partial charge on any atom is 0.249 e. The van der Waals surface area contributed by atoms with Crippen LogP contribution in [0.1, 0.15) is 17.4 Å². The van der Waals surface area contributed by atoms with E-state index in [1.165, 1.54) is 9.58 Å². The number of nitrogens with zero attached hydrogens (tertiary/aromatic N) is 5. The van der Waals surface area contributed by atoms with E-state index in [-0.39, 0.29) is 24.9 Å². The molecule has 1 atom stereocenters. The van der Waals surface area contributed by atoms with E-state index in [4.69, 9.17) is 4.42 Å². The third-order valence-corrected chi connectivity index (χ3v) is 5.53. The smallest absolute Gasteiger partial charge is 0.249 e. The lowest BCUT2D eigenvalue weighted by Gasteiger charge is -2.31. The van der Waals surface area contributed by atoms with Gasteiger partial charge in [0.05, 0.1) is 18.3 Å². The molecule has 0 aliphatic carbocycles. The fourth-order valence-corrected chi connectivity index (χ4v) is 3.90. The Morgan fingerprint density at radius 2 is 1.80 bits per heavy atom. The zero-order valence-corrected chi connectivity index (χ0v) is 18.7. The Morgan fingerprint density at radius 1 is 0.971 bits per heavy atom. The van der Waals surface area contributed by atoms with Gasteiger partial charge in [0, 0.05) is 23.6 Å². The molecule has 0 aliphatic heterocycles. The van der Waals surface area contributed by atoms with Crippen LogP contribution in [0.4, 0.5) is 5.69 Å². The summed E-state index contributed by atoms with van der Waals surface area (Å²) in [6.07, 6.45) is 4.76. The van der Waals surface area contributed by atoms with Crippen molar-refractivity contribution in [3.63, 3.8) is 0 Å². The minimum atomic E-state index is -0.969. The summed E-state index contributed by atoms with van der Waals surface area (Å²) in [7, 11) is 0. The molecule has 1 N–H and O–H groups in total. The highest BCUT2D eigenvalue weighted by Gasteiger charge is 2.33. The van der Waals surface area contributed by atoms with Crippen LogP contribution in [0.2, 0.25) is 0 Å². The van der Waals surface area contributed by atoms with E-state index in [2.05, 4.69) is 20.6 Å². The predicted molar refractivity (Wildman–Crippen MR) is 129 cm³/mol. The average molecular weight is 467 g/mol. The number of anilines is 1. The molecule has 0 spiro atoms. The highest BCUT2D eigenvalue weighted by atomic mass is 16.3. The van der Waals surface area contributed by atoms with E-state index < -0.39 is 6.04 Å². The van der Waals surface area contributed by atoms with Gasteiger partial charge in [-0.15, -0.1) is 5.10 Å². The minimum absolute atomic E-state index is 0.0996. The molecule has 0 saturated carbocycles. The Labute approximate surface area is 201 Å². The normalized spacial score (nSPS) is 11.8. The molecule has 0 bridgehead atoms. The molecule has 3 heterocycles. The fraction of sp³-hybridized carbons (Fsp3) is 0.115. The molecule has 2 amide bonds. The summed E-state index contributed by atoms with van der Waals surface area (Å²) in [5.41, 5.74) is 2.56. The van der Waals surface area contributed by atoms with Crippen LogP contribution in [0.3, 0.4) is 0 Å². The van der Waals surface area contributed by atoms with Gasteiger partial charge in [-0.3, -0.25) is 19.5 Å². The SMILES string of the molecule is O=C(NCc1ccco1)[C@H](c1cccnc1)N(C(=O)Cn1nnc2ccccc21)c1ccccc1. The van der Waals surface area contributed by atoms with Crippen LogP contribution in [0.25, 0.3) is 11.0 Å². The van der Waals surface area contributed by atoms with E-state index in [1.54, 1.807) is 55.1 Å². The Kier molecular flexibility index (Phi) is 6.29. The van der Waals surface area contributed by atoms with Crippen molar-refractivity contribution >= 4 is 28.5 Å². The molecular formula is C26H22N6O3. The molecule has 0 saturated heterocycles. The van der Waals surface area contributed by atoms with Crippen LogP contribution in [-0.2, 0) is 22.7 Å². The van der Waals surface area contributed by atoms with Crippen LogP contribution >= 0.6 is 0 Å². The average Bonchev–Trinajstić information content (AvgIpc) is 3.57. The lowest BCUT2D eigenvalue weighted by molar-refractivity contribution is -0.127. The van der Waals surface area contributed by atoms with Gasteiger partial charge in [0.25, 0.3) is 0 Å². The van der Waals surface area contributed by atoms with Crippen molar-refractivity contribution in [1.82, 2.24) is 25.3 Å². The van der Waals surface area contributed by atoms with Crippen molar-refractivity contribution in [2.24, 2.45) is 0 Å².